The van der Waals surface area contributed by atoms with Gasteiger partial charge in [0.2, 0.25) is 0 Å². The molecule has 0 spiro atoms. The Morgan fingerprint density at radius 3 is 2.53 bits per heavy atom. The number of aromatic nitrogens is 3. The predicted molar refractivity (Wildman–Crippen MR) is 64.1 cm³/mol. The number of nitrogens with zero attached hydrogens (tertiary/aromatic N) is 2. The van der Waals surface area contributed by atoms with Crippen molar-refractivity contribution in [3.8, 4) is 0 Å². The summed E-state index contributed by atoms with van der Waals surface area (Å²) in [5, 5.41) is 0. The molecule has 0 aliphatic heterocycles. The van der Waals surface area contributed by atoms with E-state index in [0.29, 0.717) is 5.92 Å². The van der Waals surface area contributed by atoms with Crippen LogP contribution in [0, 0.1) is 6.92 Å². The van der Waals surface area contributed by atoms with Crippen molar-refractivity contribution in [1.82, 2.24) is 15.0 Å². The van der Waals surface area contributed by atoms with Crippen LogP contribution in [0.4, 0.5) is 0 Å². The van der Waals surface area contributed by atoms with E-state index >= 15 is 0 Å². The Bertz CT molecular complexity index is 429. The molecule has 1 N–H and O–H groups in total. The molecular formula is C12H19N3. The molecule has 2 rings (SSSR count). The number of aryl methyl sites for hydroxylation is 1. The summed E-state index contributed by atoms with van der Waals surface area (Å²) in [4.78, 5) is 11.7. The van der Waals surface area contributed by atoms with Gasteiger partial charge in [0.25, 0.3) is 0 Å². The van der Waals surface area contributed by atoms with E-state index < -0.39 is 0 Å². The maximum Gasteiger partial charge on any atom is 0.177 e. The summed E-state index contributed by atoms with van der Waals surface area (Å²) in [5.74, 6) is 1.43. The number of imidazole rings is 1. The number of aromatic amines is 1. The zero-order valence-electron chi connectivity index (χ0n) is 10.1. The molecule has 0 radical (unpaired) electrons. The number of hydrogen-bond acceptors (Lipinski definition) is 2. The number of pyridine rings is 1. The molecule has 0 saturated carbocycles. The first-order valence-corrected chi connectivity index (χ1v) is 5.49. The lowest BCUT2D eigenvalue weighted by Crippen LogP contribution is -1.90. The van der Waals surface area contributed by atoms with Crippen molar-refractivity contribution >= 4 is 11.2 Å². The minimum absolute atomic E-state index is 0.505. The fourth-order valence-electron chi connectivity index (χ4n) is 1.53. The summed E-state index contributed by atoms with van der Waals surface area (Å²) < 4.78 is 0. The Balaban J connectivity index is 0.000000531. The van der Waals surface area contributed by atoms with Gasteiger partial charge in [-0.3, -0.25) is 0 Å². The van der Waals surface area contributed by atoms with Crippen LogP contribution in [0.3, 0.4) is 0 Å². The van der Waals surface area contributed by atoms with Gasteiger partial charge in [-0.15, -0.1) is 0 Å². The molecule has 0 aliphatic rings. The normalized spacial score (nSPS) is 10.3. The molecule has 15 heavy (non-hydrogen) atoms. The molecule has 2 aromatic rings. The van der Waals surface area contributed by atoms with Gasteiger partial charge in [-0.1, -0.05) is 27.7 Å². The smallest absolute Gasteiger partial charge is 0.177 e. The molecule has 0 aromatic carbocycles. The van der Waals surface area contributed by atoms with Gasteiger partial charge in [-0.25, -0.2) is 9.97 Å². The summed E-state index contributed by atoms with van der Waals surface area (Å²) in [6.45, 7) is 10.3. The van der Waals surface area contributed by atoms with Crippen LogP contribution in [-0.2, 0) is 0 Å². The van der Waals surface area contributed by atoms with Crippen molar-refractivity contribution in [1.29, 1.82) is 0 Å². The monoisotopic (exact) mass is 205 g/mol. The molecule has 0 aliphatic carbocycles. The van der Waals surface area contributed by atoms with Crippen molar-refractivity contribution in [3.63, 3.8) is 0 Å². The molecule has 82 valence electrons. The van der Waals surface area contributed by atoms with Crippen LogP contribution in [-0.4, -0.2) is 15.0 Å². The van der Waals surface area contributed by atoms with Gasteiger partial charge in [0.15, 0.2) is 5.65 Å². The van der Waals surface area contributed by atoms with Gasteiger partial charge < -0.3 is 4.98 Å². The highest BCUT2D eigenvalue weighted by molar-refractivity contribution is 5.75. The maximum atomic E-state index is 4.29. The van der Waals surface area contributed by atoms with Gasteiger partial charge in [0, 0.05) is 6.20 Å². The van der Waals surface area contributed by atoms with Gasteiger partial charge in [-0.2, -0.15) is 0 Å². The van der Waals surface area contributed by atoms with Crippen molar-refractivity contribution in [3.05, 3.63) is 23.7 Å². The van der Waals surface area contributed by atoms with E-state index in [0.717, 1.165) is 17.0 Å². The summed E-state index contributed by atoms with van der Waals surface area (Å²) in [5.41, 5.74) is 3.18. The fraction of sp³-hybridized carbons (Fsp3) is 0.500. The van der Waals surface area contributed by atoms with Crippen LogP contribution in [0.1, 0.15) is 45.0 Å². The third kappa shape index (κ3) is 2.35. The molecule has 0 fully saturated rings. The second-order valence-corrected chi connectivity index (χ2v) is 3.58. The third-order valence-electron chi connectivity index (χ3n) is 2.16. The Hall–Kier alpha value is -1.38. The van der Waals surface area contributed by atoms with Gasteiger partial charge in [-0.05, 0) is 24.5 Å². The highest BCUT2D eigenvalue weighted by Gasteiger charge is 2.08. The standard InChI is InChI=1S/C10H13N3.C2H6/c1-6(2)8-4-5-11-10-9(8)12-7(3)13-10;1-2/h4-6H,1-3H3,(H,11,12,13);1-2H3. The summed E-state index contributed by atoms with van der Waals surface area (Å²) in [6, 6.07) is 2.05. The largest absolute Gasteiger partial charge is 0.341 e. The third-order valence-corrected chi connectivity index (χ3v) is 2.16. The van der Waals surface area contributed by atoms with Crippen molar-refractivity contribution < 1.29 is 0 Å². The minimum Gasteiger partial charge on any atom is -0.341 e. The van der Waals surface area contributed by atoms with Gasteiger partial charge in [0.05, 0.1) is 5.52 Å². The average molecular weight is 205 g/mol. The predicted octanol–water partition coefficient (Wildman–Crippen LogP) is 3.42. The molecule has 3 heteroatoms. The lowest BCUT2D eigenvalue weighted by Gasteiger charge is -2.04. The minimum atomic E-state index is 0.505. The first kappa shape index (κ1) is 11.7. The zero-order valence-corrected chi connectivity index (χ0v) is 10.1. The highest BCUT2D eigenvalue weighted by Crippen LogP contribution is 2.21. The van der Waals surface area contributed by atoms with E-state index in [4.69, 9.17) is 0 Å². The maximum absolute atomic E-state index is 4.29. The summed E-state index contributed by atoms with van der Waals surface area (Å²) in [6.07, 6.45) is 1.82. The molecule has 0 amide bonds. The van der Waals surface area contributed by atoms with Crippen LogP contribution < -0.4 is 0 Å². The molecule has 0 atom stereocenters. The second-order valence-electron chi connectivity index (χ2n) is 3.58. The van der Waals surface area contributed by atoms with Crippen molar-refractivity contribution in [2.75, 3.05) is 0 Å². The highest BCUT2D eigenvalue weighted by atomic mass is 15.0. The SMILES string of the molecule is CC.Cc1nc2nccc(C(C)C)c2[nH]1. The lowest BCUT2D eigenvalue weighted by molar-refractivity contribution is 0.871. The molecule has 0 saturated heterocycles. The van der Waals surface area contributed by atoms with Gasteiger partial charge >= 0.3 is 0 Å². The van der Waals surface area contributed by atoms with Crippen LogP contribution in [0.15, 0.2) is 12.3 Å². The lowest BCUT2D eigenvalue weighted by atomic mass is 10.0. The Kier molecular flexibility index (Phi) is 3.83. The number of hydrogen-bond donors (Lipinski definition) is 1. The van der Waals surface area contributed by atoms with Gasteiger partial charge in [0.1, 0.15) is 5.82 Å². The molecule has 2 aromatic heterocycles. The number of H-pyrrole nitrogens is 1. The van der Waals surface area contributed by atoms with E-state index in [1.807, 2.05) is 33.0 Å². The Morgan fingerprint density at radius 1 is 1.27 bits per heavy atom. The number of nitrogens with one attached hydrogen (secondary N) is 1. The van der Waals surface area contributed by atoms with Crippen LogP contribution in [0.25, 0.3) is 11.2 Å². The van der Waals surface area contributed by atoms with E-state index in [2.05, 4.69) is 28.8 Å². The quantitative estimate of drug-likeness (QED) is 0.775. The van der Waals surface area contributed by atoms with E-state index in [1.54, 1.807) is 0 Å². The summed E-state index contributed by atoms with van der Waals surface area (Å²) in [7, 11) is 0. The summed E-state index contributed by atoms with van der Waals surface area (Å²) >= 11 is 0. The zero-order chi connectivity index (χ0) is 11.4. The van der Waals surface area contributed by atoms with E-state index in [-0.39, 0.29) is 0 Å². The Labute approximate surface area is 91.0 Å². The fourth-order valence-corrected chi connectivity index (χ4v) is 1.53. The van der Waals surface area contributed by atoms with Crippen molar-refractivity contribution in [2.24, 2.45) is 0 Å². The first-order valence-electron chi connectivity index (χ1n) is 5.49. The molecule has 0 unspecified atom stereocenters. The first-order chi connectivity index (χ1) is 7.18. The topological polar surface area (TPSA) is 41.6 Å². The van der Waals surface area contributed by atoms with E-state index in [1.165, 1.54) is 5.56 Å². The number of fused-ring (bicyclic) bond motifs is 1. The van der Waals surface area contributed by atoms with Crippen LogP contribution in [0.2, 0.25) is 0 Å². The molecule has 3 nitrogen and oxygen atoms in total. The second kappa shape index (κ2) is 4.91. The van der Waals surface area contributed by atoms with Crippen LogP contribution >= 0.6 is 0 Å². The molecule has 2 heterocycles. The average Bonchev–Trinajstić information content (AvgIpc) is 2.60. The molecule has 0 bridgehead atoms. The molecular weight excluding hydrogens is 186 g/mol. The number of rotatable bonds is 1. The van der Waals surface area contributed by atoms with Crippen LogP contribution in [0.5, 0.6) is 0 Å². The van der Waals surface area contributed by atoms with E-state index in [9.17, 15) is 0 Å². The van der Waals surface area contributed by atoms with Crippen molar-refractivity contribution in [2.45, 2.75) is 40.5 Å². The Morgan fingerprint density at radius 2 is 1.93 bits per heavy atom.